The van der Waals surface area contributed by atoms with E-state index in [0.29, 0.717) is 13.0 Å². The van der Waals surface area contributed by atoms with Crippen LogP contribution >= 0.6 is 0 Å². The van der Waals surface area contributed by atoms with Crippen molar-refractivity contribution >= 4 is 11.8 Å². The summed E-state index contributed by atoms with van der Waals surface area (Å²) in [5.74, 6) is 0.501. The monoisotopic (exact) mass is 331 g/mol. The van der Waals surface area contributed by atoms with Gasteiger partial charge >= 0.3 is 0 Å². The minimum atomic E-state index is -0.157. The second-order valence-corrected chi connectivity index (χ2v) is 7.22. The number of benzene rings is 1. The fourth-order valence-electron chi connectivity index (χ4n) is 3.75. The van der Waals surface area contributed by atoms with Crippen LogP contribution in [-0.4, -0.2) is 55.3 Å². The first-order chi connectivity index (χ1) is 11.3. The Kier molecular flexibility index (Phi) is 5.99. The molecule has 1 aliphatic heterocycles. The normalized spacial score (nSPS) is 22.3. The van der Waals surface area contributed by atoms with Crippen LogP contribution in [0.5, 0.6) is 0 Å². The van der Waals surface area contributed by atoms with E-state index in [9.17, 15) is 9.59 Å². The molecule has 0 saturated carbocycles. The second-order valence-electron chi connectivity index (χ2n) is 7.22. The number of nitrogens with zero attached hydrogens (tertiary/aromatic N) is 2. The summed E-state index contributed by atoms with van der Waals surface area (Å²) >= 11 is 0. The van der Waals surface area contributed by atoms with Crippen molar-refractivity contribution in [2.45, 2.75) is 32.4 Å². The van der Waals surface area contributed by atoms with E-state index >= 15 is 0 Å². The van der Waals surface area contributed by atoms with Gasteiger partial charge in [0, 0.05) is 25.9 Å². The van der Waals surface area contributed by atoms with E-state index < -0.39 is 0 Å². The summed E-state index contributed by atoms with van der Waals surface area (Å²) in [4.78, 5) is 28.5. The number of rotatable bonds is 6. The Morgan fingerprint density at radius 1 is 1.29 bits per heavy atom. The summed E-state index contributed by atoms with van der Waals surface area (Å²) in [5, 5.41) is 3.07. The molecule has 1 aromatic carbocycles. The Morgan fingerprint density at radius 2 is 1.92 bits per heavy atom. The third kappa shape index (κ3) is 3.96. The van der Waals surface area contributed by atoms with Crippen LogP contribution in [0.25, 0.3) is 0 Å². The van der Waals surface area contributed by atoms with E-state index in [1.165, 1.54) is 0 Å². The molecule has 3 atom stereocenters. The summed E-state index contributed by atoms with van der Waals surface area (Å²) in [5.41, 5.74) is 1.12. The van der Waals surface area contributed by atoms with Gasteiger partial charge in [-0.05, 0) is 25.6 Å². The van der Waals surface area contributed by atoms with E-state index in [0.717, 1.165) is 5.56 Å². The van der Waals surface area contributed by atoms with Gasteiger partial charge in [0.05, 0.1) is 12.1 Å². The lowest BCUT2D eigenvalue weighted by molar-refractivity contribution is -0.128. The van der Waals surface area contributed by atoms with E-state index in [4.69, 9.17) is 0 Å². The van der Waals surface area contributed by atoms with Crippen LogP contribution < -0.4 is 5.32 Å². The third-order valence-electron chi connectivity index (χ3n) is 4.83. The summed E-state index contributed by atoms with van der Waals surface area (Å²) in [6, 6.07) is 9.91. The molecule has 0 spiro atoms. The number of hydrogen-bond donors (Lipinski definition) is 1. The van der Waals surface area contributed by atoms with Gasteiger partial charge in [-0.1, -0.05) is 44.2 Å². The Balaban J connectivity index is 2.07. The molecule has 1 saturated heterocycles. The third-order valence-corrected chi connectivity index (χ3v) is 4.83. The zero-order chi connectivity index (χ0) is 17.9. The number of nitrogens with one attached hydrogen (secondary N) is 1. The van der Waals surface area contributed by atoms with Crippen molar-refractivity contribution in [3.8, 4) is 0 Å². The van der Waals surface area contributed by atoms with Gasteiger partial charge in [-0.25, -0.2) is 0 Å². The summed E-state index contributed by atoms with van der Waals surface area (Å²) in [6.07, 6.45) is 0.477. The maximum absolute atomic E-state index is 12.5. The van der Waals surface area contributed by atoms with Crippen molar-refractivity contribution < 1.29 is 9.59 Å². The predicted molar refractivity (Wildman–Crippen MR) is 95.4 cm³/mol. The molecule has 2 amide bonds. The topological polar surface area (TPSA) is 52.7 Å². The van der Waals surface area contributed by atoms with Gasteiger partial charge in [0.2, 0.25) is 11.8 Å². The highest BCUT2D eigenvalue weighted by Gasteiger charge is 2.38. The molecule has 24 heavy (non-hydrogen) atoms. The van der Waals surface area contributed by atoms with Crippen molar-refractivity contribution in [2.75, 3.05) is 27.7 Å². The van der Waals surface area contributed by atoms with Crippen molar-refractivity contribution in [1.29, 1.82) is 0 Å². The number of likely N-dealkylation sites (tertiary alicyclic amines) is 1. The number of amides is 2. The molecule has 0 radical (unpaired) electrons. The van der Waals surface area contributed by atoms with Crippen LogP contribution in [0.15, 0.2) is 30.3 Å². The van der Waals surface area contributed by atoms with Crippen molar-refractivity contribution in [2.24, 2.45) is 11.8 Å². The summed E-state index contributed by atoms with van der Waals surface area (Å²) < 4.78 is 0. The van der Waals surface area contributed by atoms with Gasteiger partial charge in [-0.3, -0.25) is 14.5 Å². The predicted octanol–water partition coefficient (Wildman–Crippen LogP) is 1.91. The minimum Gasteiger partial charge on any atom is -0.354 e. The zero-order valence-corrected chi connectivity index (χ0v) is 15.3. The molecule has 1 N–H and O–H groups in total. The SMILES string of the molecule is CC(C)[C@H](C(=O)NC[C@@H]1CC(=O)N(C)[C@H]1c1ccccc1)N(C)C. The van der Waals surface area contributed by atoms with Gasteiger partial charge in [0.25, 0.3) is 0 Å². The lowest BCUT2D eigenvalue weighted by Crippen LogP contribution is -2.48. The summed E-state index contributed by atoms with van der Waals surface area (Å²) in [6.45, 7) is 4.61. The number of likely N-dealkylation sites (N-methyl/N-ethyl adjacent to an activating group) is 1. The first-order valence-electron chi connectivity index (χ1n) is 8.57. The highest BCUT2D eigenvalue weighted by Crippen LogP contribution is 2.36. The molecule has 0 unspecified atom stereocenters. The minimum absolute atomic E-state index is 0.0239. The molecule has 5 heteroatoms. The van der Waals surface area contributed by atoms with Gasteiger partial charge in [-0.2, -0.15) is 0 Å². The first kappa shape index (κ1) is 18.5. The van der Waals surface area contributed by atoms with Crippen LogP contribution in [0.1, 0.15) is 31.9 Å². The van der Waals surface area contributed by atoms with Crippen LogP contribution in [0.2, 0.25) is 0 Å². The number of carbonyl (C=O) groups excluding carboxylic acids is 2. The van der Waals surface area contributed by atoms with E-state index in [1.54, 1.807) is 4.90 Å². The molecule has 132 valence electrons. The molecule has 0 bridgehead atoms. The van der Waals surface area contributed by atoms with Crippen LogP contribution in [0.3, 0.4) is 0 Å². The van der Waals surface area contributed by atoms with Crippen molar-refractivity contribution in [1.82, 2.24) is 15.1 Å². The standard InChI is InChI=1S/C19H29N3O2/c1-13(2)17(21(3)4)19(24)20-12-15-11-16(23)22(5)18(15)14-9-7-6-8-10-14/h6-10,13,15,17-18H,11-12H2,1-5H3,(H,20,24)/t15-,17+,18-/m0/s1. The van der Waals surface area contributed by atoms with Crippen LogP contribution in [0, 0.1) is 11.8 Å². The van der Waals surface area contributed by atoms with Crippen molar-refractivity contribution in [3.63, 3.8) is 0 Å². The van der Waals surface area contributed by atoms with Gasteiger partial charge in [0.15, 0.2) is 0 Å². The Morgan fingerprint density at radius 3 is 2.46 bits per heavy atom. The van der Waals surface area contributed by atoms with E-state index in [-0.39, 0.29) is 35.7 Å². The van der Waals surface area contributed by atoms with Gasteiger partial charge < -0.3 is 10.2 Å². The first-order valence-corrected chi connectivity index (χ1v) is 8.57. The quantitative estimate of drug-likeness (QED) is 0.866. The molecule has 0 aromatic heterocycles. The zero-order valence-electron chi connectivity index (χ0n) is 15.3. The number of hydrogen-bond acceptors (Lipinski definition) is 3. The lowest BCUT2D eigenvalue weighted by atomic mass is 9.93. The molecule has 0 aliphatic carbocycles. The molecular weight excluding hydrogens is 302 g/mol. The van der Waals surface area contributed by atoms with E-state index in [1.807, 2.05) is 70.2 Å². The fraction of sp³-hybridized carbons (Fsp3) is 0.579. The average Bonchev–Trinajstić information content (AvgIpc) is 2.80. The molecule has 1 aliphatic rings. The maximum Gasteiger partial charge on any atom is 0.237 e. The number of carbonyl (C=O) groups is 2. The van der Waals surface area contributed by atoms with E-state index in [2.05, 4.69) is 5.32 Å². The molecule has 2 rings (SSSR count). The van der Waals surface area contributed by atoms with Gasteiger partial charge in [0.1, 0.15) is 0 Å². The molecular formula is C19H29N3O2. The highest BCUT2D eigenvalue weighted by atomic mass is 16.2. The van der Waals surface area contributed by atoms with Gasteiger partial charge in [-0.15, -0.1) is 0 Å². The molecule has 1 aromatic rings. The van der Waals surface area contributed by atoms with Crippen LogP contribution in [-0.2, 0) is 9.59 Å². The maximum atomic E-state index is 12.5. The largest absolute Gasteiger partial charge is 0.354 e. The van der Waals surface area contributed by atoms with Crippen molar-refractivity contribution in [3.05, 3.63) is 35.9 Å². The Labute approximate surface area is 145 Å². The highest BCUT2D eigenvalue weighted by molar-refractivity contribution is 5.82. The Bertz CT molecular complexity index is 563. The fourth-order valence-corrected chi connectivity index (χ4v) is 3.75. The lowest BCUT2D eigenvalue weighted by Gasteiger charge is -2.29. The van der Waals surface area contributed by atoms with Crippen LogP contribution in [0.4, 0.5) is 0 Å². The molecule has 1 fully saturated rings. The molecule has 1 heterocycles. The second kappa shape index (κ2) is 7.79. The average molecular weight is 331 g/mol. The Hall–Kier alpha value is -1.88. The smallest absolute Gasteiger partial charge is 0.237 e. The summed E-state index contributed by atoms with van der Waals surface area (Å²) in [7, 11) is 5.69. The molecule has 5 nitrogen and oxygen atoms in total.